The molecular weight excluding hydrogens is 372 g/mol. The number of nitrogens with zero attached hydrogens (tertiary/aromatic N) is 1. The quantitative estimate of drug-likeness (QED) is 0.337. The Hall–Kier alpha value is -0.890. The highest BCUT2D eigenvalue weighted by molar-refractivity contribution is 14.0. The summed E-state index contributed by atoms with van der Waals surface area (Å²) in [7, 11) is 1.66. The van der Waals surface area contributed by atoms with E-state index in [4.69, 9.17) is 4.74 Å². The number of nitrogens with one attached hydrogen (secondary N) is 2. The molecule has 0 fully saturated rings. The van der Waals surface area contributed by atoms with E-state index in [9.17, 15) is 4.39 Å². The largest absolute Gasteiger partial charge is 0.383 e. The summed E-state index contributed by atoms with van der Waals surface area (Å²) >= 11 is 0. The van der Waals surface area contributed by atoms with E-state index in [1.807, 2.05) is 13.0 Å². The van der Waals surface area contributed by atoms with Gasteiger partial charge in [-0.15, -0.1) is 24.0 Å². The van der Waals surface area contributed by atoms with Crippen LogP contribution in [0.15, 0.2) is 23.2 Å². The zero-order valence-electron chi connectivity index (χ0n) is 12.2. The van der Waals surface area contributed by atoms with Gasteiger partial charge in [0.1, 0.15) is 5.82 Å². The van der Waals surface area contributed by atoms with Crippen molar-refractivity contribution >= 4 is 29.9 Å². The Balaban J connectivity index is 0.00000361. The minimum Gasteiger partial charge on any atom is -0.383 e. The summed E-state index contributed by atoms with van der Waals surface area (Å²) in [4.78, 5) is 4.44. The molecule has 0 heterocycles. The summed E-state index contributed by atoms with van der Waals surface area (Å²) in [5.41, 5.74) is 1.63. The molecule has 0 unspecified atom stereocenters. The highest BCUT2D eigenvalue weighted by Crippen LogP contribution is 2.09. The molecule has 0 aliphatic carbocycles. The molecule has 6 heteroatoms. The van der Waals surface area contributed by atoms with Crippen molar-refractivity contribution in [2.75, 3.05) is 26.8 Å². The first-order chi connectivity index (χ1) is 9.17. The predicted molar refractivity (Wildman–Crippen MR) is 91.2 cm³/mol. The molecule has 1 aromatic carbocycles. The van der Waals surface area contributed by atoms with Crippen LogP contribution >= 0.6 is 24.0 Å². The molecule has 0 aliphatic rings. The summed E-state index contributed by atoms with van der Waals surface area (Å²) in [6, 6.07) is 5.05. The third-order valence-corrected chi connectivity index (χ3v) is 2.58. The van der Waals surface area contributed by atoms with Crippen molar-refractivity contribution < 1.29 is 9.13 Å². The number of benzene rings is 1. The van der Waals surface area contributed by atoms with Crippen LogP contribution in [0.2, 0.25) is 0 Å². The smallest absolute Gasteiger partial charge is 0.191 e. The van der Waals surface area contributed by atoms with Crippen LogP contribution in [0.3, 0.4) is 0 Å². The molecule has 1 rings (SSSR count). The lowest BCUT2D eigenvalue weighted by Gasteiger charge is -2.10. The van der Waals surface area contributed by atoms with Crippen LogP contribution in [-0.2, 0) is 11.3 Å². The predicted octanol–water partition coefficient (Wildman–Crippen LogP) is 2.45. The molecule has 0 saturated heterocycles. The van der Waals surface area contributed by atoms with Gasteiger partial charge >= 0.3 is 0 Å². The summed E-state index contributed by atoms with van der Waals surface area (Å²) in [6.07, 6.45) is 0. The van der Waals surface area contributed by atoms with Crippen molar-refractivity contribution in [3.63, 3.8) is 0 Å². The molecular formula is C14H23FIN3O. The number of hydrogen-bond donors (Lipinski definition) is 2. The Labute approximate surface area is 137 Å². The first-order valence-electron chi connectivity index (χ1n) is 6.43. The molecule has 114 valence electrons. The van der Waals surface area contributed by atoms with Gasteiger partial charge in [0, 0.05) is 20.2 Å². The normalized spacial score (nSPS) is 10.9. The minimum atomic E-state index is -0.183. The fourth-order valence-electron chi connectivity index (χ4n) is 1.59. The van der Waals surface area contributed by atoms with Crippen molar-refractivity contribution in [3.8, 4) is 0 Å². The van der Waals surface area contributed by atoms with E-state index >= 15 is 0 Å². The van der Waals surface area contributed by atoms with Crippen LogP contribution in [-0.4, -0.2) is 32.8 Å². The maximum absolute atomic E-state index is 13.1. The van der Waals surface area contributed by atoms with Gasteiger partial charge < -0.3 is 15.4 Å². The lowest BCUT2D eigenvalue weighted by atomic mass is 10.1. The number of guanidine groups is 1. The topological polar surface area (TPSA) is 45.7 Å². The fraction of sp³-hybridized carbons (Fsp3) is 0.500. The zero-order valence-corrected chi connectivity index (χ0v) is 14.5. The van der Waals surface area contributed by atoms with Gasteiger partial charge in [-0.05, 0) is 31.0 Å². The summed E-state index contributed by atoms with van der Waals surface area (Å²) in [5.74, 6) is 0.555. The maximum Gasteiger partial charge on any atom is 0.191 e. The van der Waals surface area contributed by atoms with Crippen LogP contribution in [0.5, 0.6) is 0 Å². The number of methoxy groups -OCH3 is 1. The third kappa shape index (κ3) is 7.04. The molecule has 0 saturated carbocycles. The Kier molecular flexibility index (Phi) is 10.4. The number of hydrogen-bond acceptors (Lipinski definition) is 2. The van der Waals surface area contributed by atoms with Crippen molar-refractivity contribution in [3.05, 3.63) is 35.1 Å². The SMILES string of the molecule is CCNC(=NCc1ccc(F)c(C)c1)NCCOC.I. The van der Waals surface area contributed by atoms with E-state index in [-0.39, 0.29) is 29.8 Å². The molecule has 0 aromatic heterocycles. The molecule has 0 atom stereocenters. The molecule has 0 aliphatic heterocycles. The summed E-state index contributed by atoms with van der Waals surface area (Å²) in [5, 5.41) is 6.30. The lowest BCUT2D eigenvalue weighted by Crippen LogP contribution is -2.38. The third-order valence-electron chi connectivity index (χ3n) is 2.58. The van der Waals surface area contributed by atoms with Gasteiger partial charge in [-0.3, -0.25) is 0 Å². The molecule has 0 spiro atoms. The standard InChI is InChI=1S/C14H22FN3O.HI/c1-4-16-14(17-7-8-19-3)18-10-12-5-6-13(15)11(2)9-12;/h5-6,9H,4,7-8,10H2,1-3H3,(H2,16,17,18);1H. The number of aliphatic imine (C=N–C) groups is 1. The van der Waals surface area contributed by atoms with Gasteiger partial charge in [0.2, 0.25) is 0 Å². The average Bonchev–Trinajstić information content (AvgIpc) is 2.40. The van der Waals surface area contributed by atoms with Crippen LogP contribution in [0.1, 0.15) is 18.1 Å². The summed E-state index contributed by atoms with van der Waals surface area (Å²) in [6.45, 7) is 6.40. The summed E-state index contributed by atoms with van der Waals surface area (Å²) < 4.78 is 18.1. The Bertz CT molecular complexity index is 427. The molecule has 2 N–H and O–H groups in total. The van der Waals surface area contributed by atoms with Crippen LogP contribution < -0.4 is 10.6 Å². The van der Waals surface area contributed by atoms with Crippen LogP contribution in [0.25, 0.3) is 0 Å². The van der Waals surface area contributed by atoms with Crippen molar-refractivity contribution in [2.45, 2.75) is 20.4 Å². The highest BCUT2D eigenvalue weighted by atomic mass is 127. The number of ether oxygens (including phenoxy) is 1. The Morgan fingerprint density at radius 1 is 1.35 bits per heavy atom. The minimum absolute atomic E-state index is 0. The van der Waals surface area contributed by atoms with E-state index in [0.717, 1.165) is 18.1 Å². The monoisotopic (exact) mass is 395 g/mol. The first kappa shape index (κ1) is 19.1. The first-order valence-corrected chi connectivity index (χ1v) is 6.43. The van der Waals surface area contributed by atoms with Crippen molar-refractivity contribution in [1.82, 2.24) is 10.6 Å². The molecule has 0 bridgehead atoms. The van der Waals surface area contributed by atoms with E-state index in [0.29, 0.717) is 25.3 Å². The number of aryl methyl sites for hydroxylation is 1. The van der Waals surface area contributed by atoms with E-state index in [1.54, 1.807) is 20.1 Å². The fourth-order valence-corrected chi connectivity index (χ4v) is 1.59. The van der Waals surface area contributed by atoms with Gasteiger partial charge in [-0.1, -0.05) is 12.1 Å². The van der Waals surface area contributed by atoms with Gasteiger partial charge in [0.05, 0.1) is 13.2 Å². The molecule has 0 amide bonds. The second-order valence-electron chi connectivity index (χ2n) is 4.20. The Morgan fingerprint density at radius 2 is 2.10 bits per heavy atom. The Morgan fingerprint density at radius 3 is 2.70 bits per heavy atom. The van der Waals surface area contributed by atoms with Crippen molar-refractivity contribution in [2.24, 2.45) is 4.99 Å². The molecule has 20 heavy (non-hydrogen) atoms. The van der Waals surface area contributed by atoms with Gasteiger partial charge in [0.25, 0.3) is 0 Å². The second kappa shape index (κ2) is 10.8. The van der Waals surface area contributed by atoms with E-state index in [1.165, 1.54) is 6.07 Å². The number of halogens is 2. The average molecular weight is 395 g/mol. The molecule has 1 aromatic rings. The highest BCUT2D eigenvalue weighted by Gasteiger charge is 2.00. The molecule has 0 radical (unpaired) electrons. The van der Waals surface area contributed by atoms with Crippen LogP contribution in [0.4, 0.5) is 4.39 Å². The van der Waals surface area contributed by atoms with Gasteiger partial charge in [-0.2, -0.15) is 0 Å². The number of rotatable bonds is 6. The van der Waals surface area contributed by atoms with Crippen LogP contribution in [0, 0.1) is 12.7 Å². The van der Waals surface area contributed by atoms with E-state index < -0.39 is 0 Å². The van der Waals surface area contributed by atoms with Crippen molar-refractivity contribution in [1.29, 1.82) is 0 Å². The maximum atomic E-state index is 13.1. The van der Waals surface area contributed by atoms with E-state index in [2.05, 4.69) is 15.6 Å². The second-order valence-corrected chi connectivity index (χ2v) is 4.20. The molecule has 4 nitrogen and oxygen atoms in total. The van der Waals surface area contributed by atoms with Gasteiger partial charge in [-0.25, -0.2) is 9.38 Å². The zero-order chi connectivity index (χ0) is 14.1. The lowest BCUT2D eigenvalue weighted by molar-refractivity contribution is 0.203. The van der Waals surface area contributed by atoms with Gasteiger partial charge in [0.15, 0.2) is 5.96 Å².